The van der Waals surface area contributed by atoms with Gasteiger partial charge < -0.3 is 0 Å². The van der Waals surface area contributed by atoms with Gasteiger partial charge in [-0.2, -0.15) is 11.8 Å². The van der Waals surface area contributed by atoms with Crippen molar-refractivity contribution in [2.45, 2.75) is 11.3 Å². The molecule has 0 bridgehead atoms. The second kappa shape index (κ2) is 5.96. The molecule has 0 saturated carbocycles. The van der Waals surface area contributed by atoms with Crippen LogP contribution in [0.4, 0.5) is 0 Å². The molecule has 2 heterocycles. The number of hydrogen-bond donors (Lipinski definition) is 1. The Hall–Kier alpha value is -0.0100. The van der Waals surface area contributed by atoms with E-state index in [0.717, 1.165) is 17.9 Å². The normalized spacial score (nSPS) is 20.2. The van der Waals surface area contributed by atoms with Gasteiger partial charge in [-0.3, -0.25) is 0 Å². The van der Waals surface area contributed by atoms with Crippen molar-refractivity contribution in [3.63, 3.8) is 0 Å². The summed E-state index contributed by atoms with van der Waals surface area (Å²) < 4.78 is 26.6. The highest BCUT2D eigenvalue weighted by molar-refractivity contribution is 7.99. The van der Waals surface area contributed by atoms with E-state index in [4.69, 9.17) is 23.2 Å². The molecule has 1 aliphatic rings. The Kier molecular flexibility index (Phi) is 4.77. The van der Waals surface area contributed by atoms with Crippen LogP contribution in [0.5, 0.6) is 0 Å². The molecule has 4 nitrogen and oxygen atoms in total. The van der Waals surface area contributed by atoms with Crippen molar-refractivity contribution in [2.24, 2.45) is 5.92 Å². The molecular weight excluding hydrogens is 315 g/mol. The molecule has 100 valence electrons. The van der Waals surface area contributed by atoms with Crippen LogP contribution in [0.15, 0.2) is 17.2 Å². The summed E-state index contributed by atoms with van der Waals surface area (Å²) in [4.78, 5) is 3.78. The maximum absolute atomic E-state index is 12.0. The number of sulfonamides is 1. The van der Waals surface area contributed by atoms with Crippen molar-refractivity contribution in [2.75, 3.05) is 18.1 Å². The quantitative estimate of drug-likeness (QED) is 0.863. The third-order valence-electron chi connectivity index (χ3n) is 2.67. The molecule has 2 rings (SSSR count). The van der Waals surface area contributed by atoms with Crippen LogP contribution in [0.25, 0.3) is 0 Å². The van der Waals surface area contributed by atoms with Gasteiger partial charge in [0.1, 0.15) is 10.0 Å². The van der Waals surface area contributed by atoms with E-state index in [1.54, 1.807) is 0 Å². The first-order valence-electron chi connectivity index (χ1n) is 5.37. The maximum atomic E-state index is 12.0. The van der Waals surface area contributed by atoms with Crippen molar-refractivity contribution in [3.05, 3.63) is 22.4 Å². The summed E-state index contributed by atoms with van der Waals surface area (Å²) in [5.41, 5.74) is 0. The number of nitrogens with zero attached hydrogens (tertiary/aromatic N) is 1. The Morgan fingerprint density at radius 3 is 2.89 bits per heavy atom. The molecule has 0 aromatic carbocycles. The second-order valence-electron chi connectivity index (χ2n) is 4.03. The fourth-order valence-corrected chi connectivity index (χ4v) is 4.31. The van der Waals surface area contributed by atoms with Crippen LogP contribution in [0.3, 0.4) is 0 Å². The molecule has 1 aromatic heterocycles. The lowest BCUT2D eigenvalue weighted by molar-refractivity contribution is 0.545. The van der Waals surface area contributed by atoms with Crippen LogP contribution in [0, 0.1) is 5.92 Å². The highest BCUT2D eigenvalue weighted by Crippen LogP contribution is 2.24. The predicted octanol–water partition coefficient (Wildman–Crippen LogP) is 2.42. The number of rotatable bonds is 4. The van der Waals surface area contributed by atoms with Crippen molar-refractivity contribution in [3.8, 4) is 0 Å². The monoisotopic (exact) mass is 326 g/mol. The highest BCUT2D eigenvalue weighted by atomic mass is 35.5. The summed E-state index contributed by atoms with van der Waals surface area (Å²) in [5, 5.41) is 0.235. The highest BCUT2D eigenvalue weighted by Gasteiger charge is 2.20. The third-order valence-corrected chi connectivity index (χ3v) is 5.98. The number of aromatic nitrogens is 1. The van der Waals surface area contributed by atoms with Gasteiger partial charge in [-0.1, -0.05) is 23.2 Å². The number of hydrogen-bond acceptors (Lipinski definition) is 4. The Labute approximate surface area is 121 Å². The SMILES string of the molecule is O=S(=O)(NCC1CCSC1)c1cnc(Cl)c(Cl)c1. The average Bonchev–Trinajstić information content (AvgIpc) is 2.83. The van der Waals surface area contributed by atoms with Gasteiger partial charge >= 0.3 is 0 Å². The minimum Gasteiger partial charge on any atom is -0.242 e. The zero-order chi connectivity index (χ0) is 13.2. The Morgan fingerprint density at radius 2 is 2.28 bits per heavy atom. The number of halogens is 2. The molecule has 1 aliphatic heterocycles. The number of pyridine rings is 1. The summed E-state index contributed by atoms with van der Waals surface area (Å²) in [5.74, 6) is 2.50. The summed E-state index contributed by atoms with van der Waals surface area (Å²) in [6, 6.07) is 1.31. The van der Waals surface area contributed by atoms with Gasteiger partial charge in [-0.25, -0.2) is 18.1 Å². The van der Waals surface area contributed by atoms with Crippen LogP contribution in [0.1, 0.15) is 6.42 Å². The van der Waals surface area contributed by atoms with Crippen LogP contribution in [-0.4, -0.2) is 31.5 Å². The molecule has 0 radical (unpaired) electrons. The first-order valence-corrected chi connectivity index (χ1v) is 8.77. The van der Waals surface area contributed by atoms with Gasteiger partial charge in [0, 0.05) is 12.7 Å². The number of thioether (sulfide) groups is 1. The smallest absolute Gasteiger partial charge is 0.242 e. The molecule has 1 N–H and O–H groups in total. The molecule has 1 saturated heterocycles. The minimum atomic E-state index is -3.55. The summed E-state index contributed by atoms with van der Waals surface area (Å²) >= 11 is 13.3. The van der Waals surface area contributed by atoms with E-state index in [9.17, 15) is 8.42 Å². The minimum absolute atomic E-state index is 0.0440. The van der Waals surface area contributed by atoms with Crippen molar-refractivity contribution >= 4 is 45.0 Å². The Bertz CT molecular complexity index is 531. The van der Waals surface area contributed by atoms with Crippen LogP contribution >= 0.6 is 35.0 Å². The van der Waals surface area contributed by atoms with Crippen LogP contribution < -0.4 is 4.72 Å². The fourth-order valence-electron chi connectivity index (χ4n) is 1.61. The zero-order valence-corrected chi connectivity index (χ0v) is 12.5. The van der Waals surface area contributed by atoms with E-state index in [0.29, 0.717) is 12.5 Å². The van der Waals surface area contributed by atoms with Gasteiger partial charge in [0.05, 0.1) is 5.02 Å². The summed E-state index contributed by atoms with van der Waals surface area (Å²) in [6.07, 6.45) is 2.26. The maximum Gasteiger partial charge on any atom is 0.242 e. The standard InChI is InChI=1S/C10H12Cl2N2O2S2/c11-9-3-8(5-13-10(9)12)18(15,16)14-4-7-1-2-17-6-7/h3,5,7,14H,1-2,4,6H2. The van der Waals surface area contributed by atoms with Gasteiger partial charge in [-0.05, 0) is 29.9 Å². The lowest BCUT2D eigenvalue weighted by atomic mass is 10.1. The molecule has 1 fully saturated rings. The molecule has 8 heteroatoms. The van der Waals surface area contributed by atoms with Crippen molar-refractivity contribution in [1.29, 1.82) is 0 Å². The van der Waals surface area contributed by atoms with Gasteiger partial charge in [0.15, 0.2) is 0 Å². The van der Waals surface area contributed by atoms with Crippen molar-refractivity contribution in [1.82, 2.24) is 9.71 Å². The first kappa shape index (κ1) is 14.4. The van der Waals surface area contributed by atoms with E-state index >= 15 is 0 Å². The molecular formula is C10H12Cl2N2O2S2. The third kappa shape index (κ3) is 3.51. The zero-order valence-electron chi connectivity index (χ0n) is 9.40. The average molecular weight is 327 g/mol. The van der Waals surface area contributed by atoms with Gasteiger partial charge in [-0.15, -0.1) is 0 Å². The van der Waals surface area contributed by atoms with Gasteiger partial charge in [0.2, 0.25) is 10.0 Å². The Balaban J connectivity index is 2.07. The van der Waals surface area contributed by atoms with E-state index in [1.165, 1.54) is 12.3 Å². The molecule has 1 unspecified atom stereocenters. The largest absolute Gasteiger partial charge is 0.242 e. The first-order chi connectivity index (χ1) is 8.49. The molecule has 1 aromatic rings. The molecule has 0 spiro atoms. The van der Waals surface area contributed by atoms with E-state index in [2.05, 4.69) is 9.71 Å². The molecule has 0 aliphatic carbocycles. The lowest BCUT2D eigenvalue weighted by Crippen LogP contribution is -2.29. The van der Waals surface area contributed by atoms with Crippen LogP contribution in [-0.2, 0) is 10.0 Å². The van der Waals surface area contributed by atoms with Gasteiger partial charge in [0.25, 0.3) is 0 Å². The summed E-state index contributed by atoms with van der Waals surface area (Å²) in [7, 11) is -3.55. The predicted molar refractivity (Wildman–Crippen MR) is 74.9 cm³/mol. The molecule has 0 amide bonds. The van der Waals surface area contributed by atoms with E-state index < -0.39 is 10.0 Å². The van der Waals surface area contributed by atoms with E-state index in [1.807, 2.05) is 11.8 Å². The summed E-state index contributed by atoms with van der Waals surface area (Å²) in [6.45, 7) is 0.454. The van der Waals surface area contributed by atoms with Crippen molar-refractivity contribution < 1.29 is 8.42 Å². The Morgan fingerprint density at radius 1 is 1.50 bits per heavy atom. The topological polar surface area (TPSA) is 59.1 Å². The molecule has 18 heavy (non-hydrogen) atoms. The molecule has 1 atom stereocenters. The number of nitrogens with one attached hydrogen (secondary N) is 1. The lowest BCUT2D eigenvalue weighted by Gasteiger charge is -2.10. The second-order valence-corrected chi connectivity index (χ2v) is 7.71. The van der Waals surface area contributed by atoms with E-state index in [-0.39, 0.29) is 15.1 Å². The van der Waals surface area contributed by atoms with Crippen LogP contribution in [0.2, 0.25) is 10.2 Å². The fraction of sp³-hybridized carbons (Fsp3) is 0.500.